The van der Waals surface area contributed by atoms with Crippen molar-refractivity contribution in [3.63, 3.8) is 0 Å². The average molecular weight is 444 g/mol. The van der Waals surface area contributed by atoms with Crippen LogP contribution in [0.1, 0.15) is 18.9 Å². The van der Waals surface area contributed by atoms with Crippen LogP contribution < -0.4 is 20.7 Å². The lowest BCUT2D eigenvalue weighted by Crippen LogP contribution is -2.21. The van der Waals surface area contributed by atoms with Gasteiger partial charge in [0, 0.05) is 23.5 Å². The molecule has 0 spiro atoms. The molecule has 3 N–H and O–H groups in total. The summed E-state index contributed by atoms with van der Waals surface area (Å²) in [5.74, 6) is 0.536. The Hall–Kier alpha value is -4.06. The Kier molecular flexibility index (Phi) is 8.65. The van der Waals surface area contributed by atoms with Crippen molar-refractivity contribution in [3.05, 3.63) is 96.6 Å². The molecule has 0 aromatic heterocycles. The van der Waals surface area contributed by atoms with E-state index in [1.165, 1.54) is 0 Å². The Bertz CT molecular complexity index is 1060. The van der Waals surface area contributed by atoms with Crippen LogP contribution >= 0.6 is 0 Å². The molecule has 0 fully saturated rings. The maximum atomic E-state index is 12.2. The van der Waals surface area contributed by atoms with E-state index in [1.807, 2.05) is 61.5 Å². The first-order valence-electron chi connectivity index (χ1n) is 10.8. The monoisotopic (exact) mass is 443 g/mol. The first kappa shape index (κ1) is 23.6. The Balaban J connectivity index is 1.39. The molecule has 3 aromatic carbocycles. The summed E-state index contributed by atoms with van der Waals surface area (Å²) >= 11 is 0. The van der Waals surface area contributed by atoms with E-state index < -0.39 is 0 Å². The lowest BCUT2D eigenvalue weighted by atomic mass is 10.1. The molecule has 0 bridgehead atoms. The van der Waals surface area contributed by atoms with Crippen LogP contribution in [0.2, 0.25) is 0 Å². The summed E-state index contributed by atoms with van der Waals surface area (Å²) in [7, 11) is 0. The van der Waals surface area contributed by atoms with Crippen molar-refractivity contribution >= 4 is 28.9 Å². The van der Waals surface area contributed by atoms with Crippen LogP contribution in [0.25, 0.3) is 0 Å². The van der Waals surface area contributed by atoms with E-state index in [4.69, 9.17) is 4.74 Å². The van der Waals surface area contributed by atoms with Gasteiger partial charge in [0.2, 0.25) is 11.8 Å². The normalized spacial score (nSPS) is 10.2. The van der Waals surface area contributed by atoms with Crippen LogP contribution in [0.3, 0.4) is 0 Å². The van der Waals surface area contributed by atoms with Crippen molar-refractivity contribution in [1.82, 2.24) is 0 Å². The van der Waals surface area contributed by atoms with Gasteiger partial charge in [-0.1, -0.05) is 36.9 Å². The summed E-state index contributed by atoms with van der Waals surface area (Å²) in [4.78, 5) is 24.4. The summed E-state index contributed by atoms with van der Waals surface area (Å²) in [6, 6.07) is 24.4. The quantitative estimate of drug-likeness (QED) is 0.353. The third kappa shape index (κ3) is 8.53. The number of aryl methyl sites for hydroxylation is 1. The van der Waals surface area contributed by atoms with Gasteiger partial charge >= 0.3 is 0 Å². The molecule has 0 saturated carbocycles. The highest BCUT2D eigenvalue weighted by molar-refractivity contribution is 5.94. The van der Waals surface area contributed by atoms with Crippen molar-refractivity contribution in [1.29, 1.82) is 0 Å². The topological polar surface area (TPSA) is 79.5 Å². The van der Waals surface area contributed by atoms with Gasteiger partial charge in [-0.2, -0.15) is 0 Å². The number of anilines is 3. The van der Waals surface area contributed by atoms with E-state index in [0.717, 1.165) is 22.6 Å². The molecule has 3 aromatic rings. The highest BCUT2D eigenvalue weighted by atomic mass is 16.5. The van der Waals surface area contributed by atoms with Crippen LogP contribution in [-0.4, -0.2) is 25.0 Å². The standard InChI is InChI=1S/C27H29N3O3/c1-20(2)19-33-25-15-13-22(14-16-25)28-18-27(32)30-24-11-9-23(10-12-24)29-26(31)17-8-21-6-4-3-5-7-21/h3-7,9-16,28H,1,8,17-19H2,2H3,(H,29,31)(H,30,32). The first-order valence-corrected chi connectivity index (χ1v) is 10.8. The molecule has 0 aliphatic rings. The second-order valence-corrected chi connectivity index (χ2v) is 7.78. The summed E-state index contributed by atoms with van der Waals surface area (Å²) in [6.45, 7) is 6.32. The van der Waals surface area contributed by atoms with Crippen LogP contribution in [0.4, 0.5) is 17.1 Å². The van der Waals surface area contributed by atoms with E-state index in [1.54, 1.807) is 24.3 Å². The minimum Gasteiger partial charge on any atom is -0.489 e. The van der Waals surface area contributed by atoms with Gasteiger partial charge in [-0.25, -0.2) is 0 Å². The maximum Gasteiger partial charge on any atom is 0.243 e. The van der Waals surface area contributed by atoms with Crippen molar-refractivity contribution in [2.24, 2.45) is 0 Å². The molecule has 0 heterocycles. The predicted octanol–water partition coefficient (Wildman–Crippen LogP) is 5.26. The second-order valence-electron chi connectivity index (χ2n) is 7.78. The Morgan fingerprint density at radius 2 is 1.36 bits per heavy atom. The number of hydrogen-bond donors (Lipinski definition) is 3. The zero-order valence-corrected chi connectivity index (χ0v) is 18.8. The van der Waals surface area contributed by atoms with E-state index in [9.17, 15) is 9.59 Å². The molecule has 0 aliphatic heterocycles. The van der Waals surface area contributed by atoms with Gasteiger partial charge in [0.1, 0.15) is 12.4 Å². The lowest BCUT2D eigenvalue weighted by molar-refractivity contribution is -0.116. The Morgan fingerprint density at radius 3 is 1.97 bits per heavy atom. The number of rotatable bonds is 11. The molecular formula is C27H29N3O3. The van der Waals surface area contributed by atoms with Gasteiger partial charge < -0.3 is 20.7 Å². The zero-order chi connectivity index (χ0) is 23.5. The van der Waals surface area contributed by atoms with Gasteiger partial charge in [0.25, 0.3) is 0 Å². The largest absolute Gasteiger partial charge is 0.489 e. The molecule has 6 nitrogen and oxygen atoms in total. The van der Waals surface area contributed by atoms with Gasteiger partial charge in [0.15, 0.2) is 0 Å². The zero-order valence-electron chi connectivity index (χ0n) is 18.8. The highest BCUT2D eigenvalue weighted by Gasteiger charge is 2.06. The molecule has 0 unspecified atom stereocenters. The molecule has 0 aliphatic carbocycles. The molecule has 0 atom stereocenters. The van der Waals surface area contributed by atoms with Crippen molar-refractivity contribution in [2.75, 3.05) is 29.1 Å². The number of ether oxygens (including phenoxy) is 1. The highest BCUT2D eigenvalue weighted by Crippen LogP contribution is 2.17. The number of hydrogen-bond acceptors (Lipinski definition) is 4. The lowest BCUT2D eigenvalue weighted by Gasteiger charge is -2.10. The fourth-order valence-corrected chi connectivity index (χ4v) is 3.03. The minimum atomic E-state index is -0.169. The third-order valence-electron chi connectivity index (χ3n) is 4.73. The predicted molar refractivity (Wildman–Crippen MR) is 134 cm³/mol. The number of nitrogens with one attached hydrogen (secondary N) is 3. The Labute approximate surface area is 194 Å². The first-order chi connectivity index (χ1) is 16.0. The Morgan fingerprint density at radius 1 is 0.788 bits per heavy atom. The van der Waals surface area contributed by atoms with E-state index in [-0.39, 0.29) is 18.4 Å². The molecule has 170 valence electrons. The maximum absolute atomic E-state index is 12.2. The van der Waals surface area contributed by atoms with Gasteiger partial charge in [-0.15, -0.1) is 0 Å². The van der Waals surface area contributed by atoms with Crippen molar-refractivity contribution in [2.45, 2.75) is 19.8 Å². The van der Waals surface area contributed by atoms with Crippen LogP contribution in [0.15, 0.2) is 91.0 Å². The van der Waals surface area contributed by atoms with Crippen LogP contribution in [-0.2, 0) is 16.0 Å². The molecule has 3 rings (SSSR count). The molecule has 33 heavy (non-hydrogen) atoms. The molecule has 0 radical (unpaired) electrons. The summed E-state index contributed by atoms with van der Waals surface area (Å²) in [5, 5.41) is 8.79. The van der Waals surface area contributed by atoms with Crippen molar-refractivity contribution in [3.8, 4) is 5.75 Å². The number of carbonyl (C=O) groups is 2. The summed E-state index contributed by atoms with van der Waals surface area (Å²) < 4.78 is 5.56. The fourth-order valence-electron chi connectivity index (χ4n) is 3.03. The van der Waals surface area contributed by atoms with E-state index >= 15 is 0 Å². The second kappa shape index (κ2) is 12.1. The van der Waals surface area contributed by atoms with E-state index in [0.29, 0.717) is 30.8 Å². The summed E-state index contributed by atoms with van der Waals surface area (Å²) in [6.07, 6.45) is 1.10. The van der Waals surface area contributed by atoms with Crippen molar-refractivity contribution < 1.29 is 14.3 Å². The molecule has 2 amide bonds. The van der Waals surface area contributed by atoms with Crippen LogP contribution in [0, 0.1) is 0 Å². The van der Waals surface area contributed by atoms with Gasteiger partial charge in [-0.05, 0) is 73.0 Å². The van der Waals surface area contributed by atoms with Gasteiger partial charge in [0.05, 0.1) is 6.54 Å². The van der Waals surface area contributed by atoms with Crippen LogP contribution in [0.5, 0.6) is 5.75 Å². The van der Waals surface area contributed by atoms with E-state index in [2.05, 4.69) is 22.5 Å². The summed E-state index contributed by atoms with van der Waals surface area (Å²) in [5.41, 5.74) is 4.26. The van der Waals surface area contributed by atoms with Gasteiger partial charge in [-0.3, -0.25) is 9.59 Å². The smallest absolute Gasteiger partial charge is 0.243 e. The minimum absolute atomic E-state index is 0.0455. The molecule has 6 heteroatoms. The molecular weight excluding hydrogens is 414 g/mol. The SMILES string of the molecule is C=C(C)COc1ccc(NCC(=O)Nc2ccc(NC(=O)CCc3ccccc3)cc2)cc1. The number of benzene rings is 3. The molecule has 0 saturated heterocycles. The fraction of sp³-hybridized carbons (Fsp3) is 0.185. The number of carbonyl (C=O) groups excluding carboxylic acids is 2. The average Bonchev–Trinajstić information content (AvgIpc) is 2.82. The number of amides is 2. The third-order valence-corrected chi connectivity index (χ3v) is 4.73.